The second kappa shape index (κ2) is 7.48. The highest BCUT2D eigenvalue weighted by atomic mass is 32.2. The van der Waals surface area contributed by atoms with Crippen molar-refractivity contribution in [2.75, 3.05) is 32.0 Å². The first-order valence-electron chi connectivity index (χ1n) is 5.90. The highest BCUT2D eigenvalue weighted by Crippen LogP contribution is 2.15. The molecule has 0 spiro atoms. The van der Waals surface area contributed by atoms with E-state index in [1.54, 1.807) is 7.05 Å². The van der Waals surface area contributed by atoms with Gasteiger partial charge in [0.15, 0.2) is 0 Å². The van der Waals surface area contributed by atoms with Crippen molar-refractivity contribution in [3.8, 4) is 0 Å². The fourth-order valence-corrected chi connectivity index (χ4v) is 1.93. The Balaban J connectivity index is 2.48. The van der Waals surface area contributed by atoms with Crippen molar-refractivity contribution >= 4 is 17.0 Å². The molecule has 1 aromatic rings. The van der Waals surface area contributed by atoms with Gasteiger partial charge in [-0.2, -0.15) is 0 Å². The van der Waals surface area contributed by atoms with Crippen LogP contribution < -0.4 is 11.1 Å². The van der Waals surface area contributed by atoms with E-state index in [0.717, 1.165) is 12.1 Å². The Morgan fingerprint density at radius 1 is 1.50 bits per heavy atom. The summed E-state index contributed by atoms with van der Waals surface area (Å²) in [4.78, 5) is 0. The van der Waals surface area contributed by atoms with E-state index in [2.05, 4.69) is 24.4 Å². The molecule has 6 heteroatoms. The van der Waals surface area contributed by atoms with Crippen molar-refractivity contribution in [1.29, 1.82) is 0 Å². The number of hydrogen-bond acceptors (Lipinski definition) is 3. The van der Waals surface area contributed by atoms with Crippen LogP contribution >= 0.6 is 0 Å². The predicted molar refractivity (Wildman–Crippen MR) is 75.8 cm³/mol. The van der Waals surface area contributed by atoms with Gasteiger partial charge in [-0.05, 0) is 43.1 Å². The van der Waals surface area contributed by atoms with Crippen molar-refractivity contribution in [3.05, 3.63) is 29.3 Å². The molecule has 1 rings (SSSR count). The van der Waals surface area contributed by atoms with Gasteiger partial charge in [-0.1, -0.05) is 6.07 Å². The number of likely N-dealkylation sites (N-methyl/N-ethyl adjacent to an activating group) is 1. The molecule has 1 aromatic carbocycles. The van der Waals surface area contributed by atoms with Gasteiger partial charge in [-0.15, -0.1) is 0 Å². The molecule has 1 unspecified atom stereocenters. The molecule has 0 amide bonds. The molecule has 0 aliphatic rings. The molecule has 102 valence electrons. The van der Waals surface area contributed by atoms with Gasteiger partial charge in [0, 0.05) is 25.8 Å². The van der Waals surface area contributed by atoms with Crippen molar-refractivity contribution in [2.24, 2.45) is 5.73 Å². The van der Waals surface area contributed by atoms with Crippen molar-refractivity contribution in [1.82, 2.24) is 4.31 Å². The first-order valence-corrected chi connectivity index (χ1v) is 6.96. The molecule has 0 heterocycles. The van der Waals surface area contributed by atoms with Crippen LogP contribution in [0.1, 0.15) is 11.1 Å². The zero-order valence-corrected chi connectivity index (χ0v) is 11.7. The molecule has 4 N–H and O–H groups in total. The Morgan fingerprint density at radius 2 is 2.22 bits per heavy atom. The maximum Gasteiger partial charge on any atom is 0.234 e. The number of nitrogens with two attached hydrogens (primary N) is 1. The molecule has 18 heavy (non-hydrogen) atoms. The normalized spacial score (nSPS) is 12.7. The van der Waals surface area contributed by atoms with Gasteiger partial charge < -0.3 is 11.1 Å². The lowest BCUT2D eigenvalue weighted by Crippen LogP contribution is -2.26. The summed E-state index contributed by atoms with van der Waals surface area (Å²) in [6.45, 7) is 3.84. The molecule has 0 fully saturated rings. The highest BCUT2D eigenvalue weighted by molar-refractivity contribution is 7.76. The van der Waals surface area contributed by atoms with Crippen LogP contribution in [0.15, 0.2) is 18.2 Å². The Labute approximate surface area is 111 Å². The van der Waals surface area contributed by atoms with Crippen LogP contribution in [0.5, 0.6) is 0 Å². The molecular formula is C12H21N3O2S. The van der Waals surface area contributed by atoms with Gasteiger partial charge in [0.05, 0.1) is 0 Å². The SMILES string of the molecule is Cc1cc(NCCN(C)S(=O)O)ccc1CCN. The van der Waals surface area contributed by atoms with Gasteiger partial charge >= 0.3 is 0 Å². The molecule has 0 radical (unpaired) electrons. The first-order chi connectivity index (χ1) is 8.54. The van der Waals surface area contributed by atoms with Crippen LogP contribution in [-0.4, -0.2) is 39.7 Å². The second-order valence-corrected chi connectivity index (χ2v) is 5.27. The van der Waals surface area contributed by atoms with Crippen molar-refractivity contribution in [3.63, 3.8) is 0 Å². The molecule has 0 aliphatic carbocycles. The van der Waals surface area contributed by atoms with E-state index in [4.69, 9.17) is 10.3 Å². The molecule has 0 aromatic heterocycles. The van der Waals surface area contributed by atoms with Crippen LogP contribution in [0.25, 0.3) is 0 Å². The predicted octanol–water partition coefficient (Wildman–Crippen LogP) is 0.977. The minimum absolute atomic E-state index is 0.507. The van der Waals surface area contributed by atoms with E-state index in [-0.39, 0.29) is 0 Å². The smallest absolute Gasteiger partial charge is 0.234 e. The molecule has 5 nitrogen and oxygen atoms in total. The van der Waals surface area contributed by atoms with Crippen LogP contribution in [0.4, 0.5) is 5.69 Å². The average molecular weight is 271 g/mol. The zero-order chi connectivity index (χ0) is 13.5. The summed E-state index contributed by atoms with van der Waals surface area (Å²) in [7, 11) is 1.60. The van der Waals surface area contributed by atoms with Gasteiger partial charge in [0.1, 0.15) is 0 Å². The van der Waals surface area contributed by atoms with Crippen LogP contribution in [0.3, 0.4) is 0 Å². The van der Waals surface area contributed by atoms with E-state index in [0.29, 0.717) is 19.6 Å². The lowest BCUT2D eigenvalue weighted by Gasteiger charge is -2.13. The van der Waals surface area contributed by atoms with E-state index >= 15 is 0 Å². The number of aryl methyl sites for hydroxylation is 1. The van der Waals surface area contributed by atoms with Gasteiger partial charge in [0.2, 0.25) is 11.3 Å². The number of rotatable bonds is 7. The van der Waals surface area contributed by atoms with Crippen molar-refractivity contribution in [2.45, 2.75) is 13.3 Å². The van der Waals surface area contributed by atoms with Gasteiger partial charge in [-0.25, -0.2) is 8.51 Å². The number of benzene rings is 1. The third-order valence-electron chi connectivity index (χ3n) is 2.78. The topological polar surface area (TPSA) is 78.6 Å². The van der Waals surface area contributed by atoms with E-state index in [1.165, 1.54) is 15.4 Å². The third-order valence-corrected chi connectivity index (χ3v) is 3.49. The maximum absolute atomic E-state index is 10.7. The van der Waals surface area contributed by atoms with E-state index in [1.807, 2.05) is 6.07 Å². The summed E-state index contributed by atoms with van der Waals surface area (Å²) >= 11 is -1.90. The van der Waals surface area contributed by atoms with Crippen LogP contribution in [0, 0.1) is 6.92 Å². The summed E-state index contributed by atoms with van der Waals surface area (Å²) < 4.78 is 20.9. The van der Waals surface area contributed by atoms with Crippen LogP contribution in [0.2, 0.25) is 0 Å². The monoisotopic (exact) mass is 271 g/mol. The van der Waals surface area contributed by atoms with Gasteiger partial charge in [0.25, 0.3) is 0 Å². The fourth-order valence-electron chi connectivity index (χ4n) is 1.68. The quantitative estimate of drug-likeness (QED) is 0.646. The average Bonchev–Trinajstić information content (AvgIpc) is 2.32. The Morgan fingerprint density at radius 3 is 2.78 bits per heavy atom. The molecule has 0 saturated carbocycles. The number of hydrogen-bond donors (Lipinski definition) is 3. The molecule has 0 aliphatic heterocycles. The van der Waals surface area contributed by atoms with E-state index in [9.17, 15) is 4.21 Å². The first kappa shape index (κ1) is 15.1. The summed E-state index contributed by atoms with van der Waals surface area (Å²) in [5.41, 5.74) is 9.03. The highest BCUT2D eigenvalue weighted by Gasteiger charge is 2.03. The van der Waals surface area contributed by atoms with Crippen LogP contribution in [-0.2, 0) is 17.7 Å². The lowest BCUT2D eigenvalue weighted by molar-refractivity contribution is 0.457. The van der Waals surface area contributed by atoms with Crippen molar-refractivity contribution < 1.29 is 8.76 Å². The number of nitrogens with one attached hydrogen (secondary N) is 1. The minimum Gasteiger partial charge on any atom is -0.384 e. The van der Waals surface area contributed by atoms with Gasteiger partial charge in [-0.3, -0.25) is 4.55 Å². The third kappa shape index (κ3) is 4.73. The summed E-state index contributed by atoms with van der Waals surface area (Å²) in [5.74, 6) is 0. The number of nitrogens with zero attached hydrogens (tertiary/aromatic N) is 1. The summed E-state index contributed by atoms with van der Waals surface area (Å²) in [6.07, 6.45) is 0.887. The standard InChI is InChI=1S/C12H21N3O2S/c1-10-9-12(4-3-11(10)5-6-13)14-7-8-15(2)18(16)17/h3-4,9,14H,5-8,13H2,1-2H3,(H,16,17). The largest absolute Gasteiger partial charge is 0.384 e. The maximum atomic E-state index is 10.7. The molecular weight excluding hydrogens is 250 g/mol. The number of anilines is 1. The molecule has 0 bridgehead atoms. The summed E-state index contributed by atoms with van der Waals surface area (Å²) in [6, 6.07) is 6.15. The lowest BCUT2D eigenvalue weighted by atomic mass is 10.1. The zero-order valence-electron chi connectivity index (χ0n) is 10.8. The fraction of sp³-hybridized carbons (Fsp3) is 0.500. The Kier molecular flexibility index (Phi) is 6.28. The van der Waals surface area contributed by atoms with E-state index < -0.39 is 11.3 Å². The molecule has 1 atom stereocenters. The second-order valence-electron chi connectivity index (χ2n) is 4.19. The minimum atomic E-state index is -1.90. The molecule has 0 saturated heterocycles. The Hall–Kier alpha value is -0.950. The summed E-state index contributed by atoms with van der Waals surface area (Å²) in [5, 5.41) is 3.22. The Bertz CT molecular complexity index is 412.